The van der Waals surface area contributed by atoms with Gasteiger partial charge >= 0.3 is 0 Å². The zero-order valence-electron chi connectivity index (χ0n) is 10.3. The highest BCUT2D eigenvalue weighted by Crippen LogP contribution is 2.24. The third kappa shape index (κ3) is 2.38. The SMILES string of the molecule is CC(C)n1ccc(N2CCC[C@@](C)(O)C2)n1. The number of hydrogen-bond donors (Lipinski definition) is 1. The van der Waals surface area contributed by atoms with Gasteiger partial charge < -0.3 is 10.0 Å². The van der Waals surface area contributed by atoms with Crippen molar-refractivity contribution in [3.63, 3.8) is 0 Å². The van der Waals surface area contributed by atoms with Crippen LogP contribution in [0, 0.1) is 0 Å². The van der Waals surface area contributed by atoms with Crippen LogP contribution in [0.25, 0.3) is 0 Å². The van der Waals surface area contributed by atoms with E-state index in [9.17, 15) is 5.11 Å². The molecule has 4 nitrogen and oxygen atoms in total. The van der Waals surface area contributed by atoms with E-state index in [1.165, 1.54) is 0 Å². The average Bonchev–Trinajstić information content (AvgIpc) is 2.64. The summed E-state index contributed by atoms with van der Waals surface area (Å²) < 4.78 is 1.96. The van der Waals surface area contributed by atoms with Crippen molar-refractivity contribution in [2.45, 2.75) is 45.3 Å². The minimum Gasteiger partial charge on any atom is -0.388 e. The van der Waals surface area contributed by atoms with Crippen molar-refractivity contribution in [2.75, 3.05) is 18.0 Å². The van der Waals surface area contributed by atoms with Gasteiger partial charge in [-0.15, -0.1) is 0 Å². The molecule has 0 bridgehead atoms. The molecule has 2 rings (SSSR count). The van der Waals surface area contributed by atoms with Gasteiger partial charge in [-0.3, -0.25) is 4.68 Å². The summed E-state index contributed by atoms with van der Waals surface area (Å²) in [6.45, 7) is 7.80. The lowest BCUT2D eigenvalue weighted by atomic mass is 9.95. The molecular formula is C12H21N3O. The number of piperidine rings is 1. The standard InChI is InChI=1S/C12H21N3O/c1-10(2)15-8-5-11(13-15)14-7-4-6-12(3,16)9-14/h5,8,10,16H,4,6-7,9H2,1-3H3/t12-/m1/s1. The summed E-state index contributed by atoms with van der Waals surface area (Å²) in [4.78, 5) is 2.17. The van der Waals surface area contributed by atoms with Crippen molar-refractivity contribution in [3.05, 3.63) is 12.3 Å². The van der Waals surface area contributed by atoms with Crippen molar-refractivity contribution in [1.82, 2.24) is 9.78 Å². The van der Waals surface area contributed by atoms with Crippen LogP contribution in [0.4, 0.5) is 5.82 Å². The molecule has 0 saturated carbocycles. The molecule has 0 radical (unpaired) electrons. The topological polar surface area (TPSA) is 41.3 Å². The van der Waals surface area contributed by atoms with Crippen LogP contribution in [0.15, 0.2) is 12.3 Å². The summed E-state index contributed by atoms with van der Waals surface area (Å²) >= 11 is 0. The molecule has 90 valence electrons. The van der Waals surface area contributed by atoms with E-state index in [0.29, 0.717) is 12.6 Å². The number of rotatable bonds is 2. The second-order valence-corrected chi connectivity index (χ2v) is 5.27. The summed E-state index contributed by atoms with van der Waals surface area (Å²) in [7, 11) is 0. The highest BCUT2D eigenvalue weighted by Gasteiger charge is 2.29. The Hall–Kier alpha value is -1.03. The van der Waals surface area contributed by atoms with Gasteiger partial charge in [0.2, 0.25) is 0 Å². The molecule has 1 atom stereocenters. The summed E-state index contributed by atoms with van der Waals surface area (Å²) in [6, 6.07) is 2.42. The lowest BCUT2D eigenvalue weighted by Gasteiger charge is -2.36. The summed E-state index contributed by atoms with van der Waals surface area (Å²) in [5, 5.41) is 14.6. The van der Waals surface area contributed by atoms with E-state index >= 15 is 0 Å². The van der Waals surface area contributed by atoms with Gasteiger partial charge in [-0.2, -0.15) is 5.10 Å². The minimum absolute atomic E-state index is 0.388. The molecular weight excluding hydrogens is 202 g/mol. The molecule has 2 heterocycles. The van der Waals surface area contributed by atoms with Crippen LogP contribution in [0.3, 0.4) is 0 Å². The molecule has 1 aliphatic heterocycles. The Morgan fingerprint density at radius 3 is 2.81 bits per heavy atom. The van der Waals surface area contributed by atoms with Gasteiger partial charge in [-0.25, -0.2) is 0 Å². The Balaban J connectivity index is 2.11. The summed E-state index contributed by atoms with van der Waals surface area (Å²) in [5.41, 5.74) is -0.570. The molecule has 0 aromatic carbocycles. The van der Waals surface area contributed by atoms with Gasteiger partial charge in [0.1, 0.15) is 0 Å². The van der Waals surface area contributed by atoms with Crippen molar-refractivity contribution >= 4 is 5.82 Å². The first-order valence-corrected chi connectivity index (χ1v) is 6.00. The molecule has 0 spiro atoms. The molecule has 0 aliphatic carbocycles. The molecule has 4 heteroatoms. The zero-order chi connectivity index (χ0) is 11.8. The number of hydrogen-bond acceptors (Lipinski definition) is 3. The quantitative estimate of drug-likeness (QED) is 0.831. The lowest BCUT2D eigenvalue weighted by molar-refractivity contribution is 0.0446. The van der Waals surface area contributed by atoms with E-state index in [0.717, 1.165) is 25.2 Å². The van der Waals surface area contributed by atoms with Gasteiger partial charge in [-0.1, -0.05) is 0 Å². The first kappa shape index (κ1) is 11.5. The van der Waals surface area contributed by atoms with Crippen LogP contribution in [0.5, 0.6) is 0 Å². The molecule has 1 aromatic rings. The predicted molar refractivity (Wildman–Crippen MR) is 64.7 cm³/mol. The normalized spacial score (nSPS) is 26.4. The Labute approximate surface area is 96.9 Å². The number of aliphatic hydroxyl groups is 1. The monoisotopic (exact) mass is 223 g/mol. The smallest absolute Gasteiger partial charge is 0.150 e. The maximum Gasteiger partial charge on any atom is 0.150 e. The van der Waals surface area contributed by atoms with Crippen LogP contribution >= 0.6 is 0 Å². The van der Waals surface area contributed by atoms with E-state index in [1.54, 1.807) is 0 Å². The van der Waals surface area contributed by atoms with Crippen molar-refractivity contribution in [1.29, 1.82) is 0 Å². The summed E-state index contributed by atoms with van der Waals surface area (Å²) in [5.74, 6) is 0.980. The molecule has 1 N–H and O–H groups in total. The van der Waals surface area contributed by atoms with E-state index < -0.39 is 5.60 Å². The third-order valence-electron chi connectivity index (χ3n) is 3.12. The fourth-order valence-corrected chi connectivity index (χ4v) is 2.20. The Bertz CT molecular complexity index is 357. The average molecular weight is 223 g/mol. The second-order valence-electron chi connectivity index (χ2n) is 5.27. The predicted octanol–water partition coefficient (Wildman–Crippen LogP) is 1.82. The Morgan fingerprint density at radius 2 is 2.25 bits per heavy atom. The molecule has 1 aliphatic rings. The Morgan fingerprint density at radius 1 is 1.50 bits per heavy atom. The van der Waals surface area contributed by atoms with Crippen molar-refractivity contribution in [2.24, 2.45) is 0 Å². The van der Waals surface area contributed by atoms with Gasteiger partial charge in [0, 0.05) is 31.4 Å². The minimum atomic E-state index is -0.570. The van der Waals surface area contributed by atoms with Crippen molar-refractivity contribution < 1.29 is 5.11 Å². The van der Waals surface area contributed by atoms with E-state index in [-0.39, 0.29) is 0 Å². The van der Waals surface area contributed by atoms with Gasteiger partial charge in [-0.05, 0) is 33.6 Å². The van der Waals surface area contributed by atoms with Crippen molar-refractivity contribution in [3.8, 4) is 0 Å². The largest absolute Gasteiger partial charge is 0.388 e. The van der Waals surface area contributed by atoms with Gasteiger partial charge in [0.25, 0.3) is 0 Å². The van der Waals surface area contributed by atoms with E-state index in [1.807, 2.05) is 23.9 Å². The van der Waals surface area contributed by atoms with E-state index in [2.05, 4.69) is 23.8 Å². The molecule has 1 aromatic heterocycles. The van der Waals surface area contributed by atoms with Crippen LogP contribution in [-0.4, -0.2) is 33.6 Å². The summed E-state index contributed by atoms with van der Waals surface area (Å²) in [6.07, 6.45) is 3.92. The molecule has 1 saturated heterocycles. The van der Waals surface area contributed by atoms with Crippen LogP contribution in [0.1, 0.15) is 39.7 Å². The molecule has 0 unspecified atom stereocenters. The third-order valence-corrected chi connectivity index (χ3v) is 3.12. The Kier molecular flexibility index (Phi) is 2.93. The van der Waals surface area contributed by atoms with Crippen LogP contribution in [0.2, 0.25) is 0 Å². The zero-order valence-corrected chi connectivity index (χ0v) is 10.3. The van der Waals surface area contributed by atoms with E-state index in [4.69, 9.17) is 0 Å². The van der Waals surface area contributed by atoms with Crippen LogP contribution in [-0.2, 0) is 0 Å². The number of anilines is 1. The van der Waals surface area contributed by atoms with Gasteiger partial charge in [0.15, 0.2) is 5.82 Å². The lowest BCUT2D eigenvalue weighted by Crippen LogP contribution is -2.46. The maximum absolute atomic E-state index is 10.0. The first-order valence-electron chi connectivity index (χ1n) is 6.00. The number of nitrogens with zero attached hydrogens (tertiary/aromatic N) is 3. The molecule has 16 heavy (non-hydrogen) atoms. The molecule has 0 amide bonds. The fraction of sp³-hybridized carbons (Fsp3) is 0.750. The molecule has 1 fully saturated rings. The first-order chi connectivity index (χ1) is 7.48. The second kappa shape index (κ2) is 4.09. The number of β-amino-alcohol motifs (C(OH)–C–C–N with tert-alkyl or cyclic N) is 1. The maximum atomic E-state index is 10.0. The number of aromatic nitrogens is 2. The van der Waals surface area contributed by atoms with Crippen LogP contribution < -0.4 is 4.90 Å². The highest BCUT2D eigenvalue weighted by molar-refractivity contribution is 5.38. The highest BCUT2D eigenvalue weighted by atomic mass is 16.3. The van der Waals surface area contributed by atoms with Gasteiger partial charge in [0.05, 0.1) is 5.60 Å². The fourth-order valence-electron chi connectivity index (χ4n) is 2.20.